The lowest BCUT2D eigenvalue weighted by atomic mass is 10.1. The van der Waals surface area contributed by atoms with E-state index < -0.39 is 0 Å². The van der Waals surface area contributed by atoms with E-state index in [4.69, 9.17) is 4.52 Å². The fourth-order valence-electron chi connectivity index (χ4n) is 2.39. The Kier molecular flexibility index (Phi) is 4.95. The molecule has 1 N–H and O–H groups in total. The molecule has 1 amide bonds. The van der Waals surface area contributed by atoms with Crippen molar-refractivity contribution in [2.75, 3.05) is 5.32 Å². The predicted molar refractivity (Wildman–Crippen MR) is 82.5 cm³/mol. The molecule has 0 bridgehead atoms. The number of hydrogen-bond acceptors (Lipinski definition) is 5. The number of amides is 1. The third-order valence-electron chi connectivity index (χ3n) is 3.45. The lowest BCUT2D eigenvalue weighted by molar-refractivity contribution is -0.116. The first kappa shape index (κ1) is 16.2. The van der Waals surface area contributed by atoms with Gasteiger partial charge in [-0.15, -0.1) is 0 Å². The van der Waals surface area contributed by atoms with Gasteiger partial charge in [-0.25, -0.2) is 0 Å². The molecule has 120 valence electrons. The zero-order valence-electron chi connectivity index (χ0n) is 13.8. The Balaban J connectivity index is 1.96. The highest BCUT2D eigenvalue weighted by Gasteiger charge is 2.14. The zero-order valence-corrected chi connectivity index (χ0v) is 13.8. The molecule has 0 aliphatic heterocycles. The van der Waals surface area contributed by atoms with E-state index in [1.54, 1.807) is 6.92 Å². The molecule has 2 aromatic rings. The predicted octanol–water partition coefficient (Wildman–Crippen LogP) is 2.42. The van der Waals surface area contributed by atoms with Crippen molar-refractivity contribution in [2.24, 2.45) is 5.92 Å². The van der Waals surface area contributed by atoms with Crippen LogP contribution in [0.5, 0.6) is 0 Å². The van der Waals surface area contributed by atoms with Crippen molar-refractivity contribution < 1.29 is 9.32 Å². The molecule has 7 nitrogen and oxygen atoms in total. The fraction of sp³-hybridized carbons (Fsp3) is 0.600. The first-order chi connectivity index (χ1) is 10.4. The van der Waals surface area contributed by atoms with Gasteiger partial charge in [0.15, 0.2) is 5.82 Å². The lowest BCUT2D eigenvalue weighted by Crippen LogP contribution is -2.13. The third kappa shape index (κ3) is 3.93. The van der Waals surface area contributed by atoms with Gasteiger partial charge in [-0.3, -0.25) is 14.8 Å². The van der Waals surface area contributed by atoms with E-state index in [1.165, 1.54) is 0 Å². The number of aryl methyl sites for hydroxylation is 2. The highest BCUT2D eigenvalue weighted by Crippen LogP contribution is 2.17. The average Bonchev–Trinajstić information content (AvgIpc) is 2.92. The minimum absolute atomic E-state index is 0.140. The number of nitrogens with zero attached hydrogens (tertiary/aromatic N) is 4. The van der Waals surface area contributed by atoms with E-state index in [2.05, 4.69) is 41.3 Å². The van der Waals surface area contributed by atoms with E-state index in [9.17, 15) is 4.79 Å². The fourth-order valence-corrected chi connectivity index (χ4v) is 2.39. The number of aromatic nitrogens is 4. The van der Waals surface area contributed by atoms with Crippen molar-refractivity contribution in [3.05, 3.63) is 22.8 Å². The molecule has 2 aromatic heterocycles. The molecular formula is C15H23N5O2. The quantitative estimate of drug-likeness (QED) is 0.885. The summed E-state index contributed by atoms with van der Waals surface area (Å²) in [4.78, 5) is 15.9. The maximum atomic E-state index is 11.9. The Hall–Kier alpha value is -2.18. The molecule has 0 aliphatic carbocycles. The molecule has 0 spiro atoms. The Morgan fingerprint density at radius 1 is 1.32 bits per heavy atom. The first-order valence-electron chi connectivity index (χ1n) is 7.50. The summed E-state index contributed by atoms with van der Waals surface area (Å²) >= 11 is 0. The van der Waals surface area contributed by atoms with Crippen LogP contribution < -0.4 is 5.32 Å². The highest BCUT2D eigenvalue weighted by atomic mass is 16.5. The molecule has 0 aromatic carbocycles. The molecule has 0 saturated heterocycles. The van der Waals surface area contributed by atoms with E-state index >= 15 is 0 Å². The zero-order chi connectivity index (χ0) is 16.3. The van der Waals surface area contributed by atoms with Gasteiger partial charge in [0.2, 0.25) is 5.91 Å². The summed E-state index contributed by atoms with van der Waals surface area (Å²) in [5.41, 5.74) is 3.25. The van der Waals surface area contributed by atoms with Crippen LogP contribution in [0.25, 0.3) is 0 Å². The molecule has 22 heavy (non-hydrogen) atoms. The molecule has 0 atom stereocenters. The van der Waals surface area contributed by atoms with Crippen LogP contribution in [0.2, 0.25) is 0 Å². The largest absolute Gasteiger partial charge is 0.328 e. The maximum absolute atomic E-state index is 11.9. The summed E-state index contributed by atoms with van der Waals surface area (Å²) in [5.74, 6) is 0.894. The van der Waals surface area contributed by atoms with Gasteiger partial charge >= 0.3 is 6.01 Å². The van der Waals surface area contributed by atoms with Gasteiger partial charge in [-0.05, 0) is 38.7 Å². The van der Waals surface area contributed by atoms with Crippen molar-refractivity contribution in [3.8, 4) is 0 Å². The maximum Gasteiger partial charge on any atom is 0.328 e. The number of nitrogens with one attached hydrogen (secondary N) is 1. The summed E-state index contributed by atoms with van der Waals surface area (Å²) in [6.45, 7) is 11.0. The third-order valence-corrected chi connectivity index (χ3v) is 3.45. The molecule has 2 heterocycles. The van der Waals surface area contributed by atoms with Crippen molar-refractivity contribution in [3.63, 3.8) is 0 Å². The van der Waals surface area contributed by atoms with Crippen LogP contribution in [0.3, 0.4) is 0 Å². The van der Waals surface area contributed by atoms with Gasteiger partial charge in [0, 0.05) is 18.7 Å². The van der Waals surface area contributed by atoms with Crippen LogP contribution in [0.1, 0.15) is 43.0 Å². The van der Waals surface area contributed by atoms with Crippen LogP contribution in [0.15, 0.2) is 4.52 Å². The van der Waals surface area contributed by atoms with E-state index in [0.717, 1.165) is 23.5 Å². The second-order valence-electron chi connectivity index (χ2n) is 5.92. The number of hydrogen-bond donors (Lipinski definition) is 1. The van der Waals surface area contributed by atoms with Crippen molar-refractivity contribution >= 4 is 11.9 Å². The normalized spacial score (nSPS) is 11.2. The average molecular weight is 305 g/mol. The van der Waals surface area contributed by atoms with Gasteiger partial charge in [0.1, 0.15) is 0 Å². The number of anilines is 1. The summed E-state index contributed by atoms with van der Waals surface area (Å²) in [6, 6.07) is 0.145. The van der Waals surface area contributed by atoms with Crippen LogP contribution in [-0.4, -0.2) is 25.8 Å². The Morgan fingerprint density at radius 2 is 2.05 bits per heavy atom. The van der Waals surface area contributed by atoms with Crippen LogP contribution in [0, 0.1) is 26.7 Å². The second-order valence-corrected chi connectivity index (χ2v) is 5.92. The Bertz CT molecular complexity index is 657. The number of rotatable bonds is 6. The molecule has 0 aliphatic rings. The van der Waals surface area contributed by atoms with E-state index in [1.807, 2.05) is 11.6 Å². The van der Waals surface area contributed by atoms with Crippen LogP contribution in [-0.2, 0) is 17.8 Å². The van der Waals surface area contributed by atoms with Crippen molar-refractivity contribution in [1.29, 1.82) is 0 Å². The summed E-state index contributed by atoms with van der Waals surface area (Å²) in [6.07, 6.45) is 1.01. The van der Waals surface area contributed by atoms with E-state index in [-0.39, 0.29) is 11.9 Å². The Morgan fingerprint density at radius 3 is 2.64 bits per heavy atom. The van der Waals surface area contributed by atoms with Crippen molar-refractivity contribution in [1.82, 2.24) is 19.9 Å². The standard InChI is InChI=1S/C15H23N5O2/c1-9(2)8-20-11(4)13(10(3)18-20)6-7-14(21)17-15-16-12(5)19-22-15/h9H,6-8H2,1-5H3,(H,16,17,19,21). The summed E-state index contributed by atoms with van der Waals surface area (Å²) in [7, 11) is 0. The van der Waals surface area contributed by atoms with Crippen LogP contribution in [0.4, 0.5) is 6.01 Å². The highest BCUT2D eigenvalue weighted by molar-refractivity contribution is 5.88. The van der Waals surface area contributed by atoms with Gasteiger partial charge < -0.3 is 4.52 Å². The SMILES string of the molecule is Cc1noc(NC(=O)CCc2c(C)nn(CC(C)C)c2C)n1. The van der Waals surface area contributed by atoms with Gasteiger partial charge in [0.05, 0.1) is 5.69 Å². The van der Waals surface area contributed by atoms with E-state index in [0.29, 0.717) is 24.6 Å². The Labute approximate surface area is 130 Å². The minimum atomic E-state index is -0.140. The number of carbonyl (C=O) groups excluding carboxylic acids is 1. The first-order valence-corrected chi connectivity index (χ1v) is 7.50. The molecule has 0 unspecified atom stereocenters. The molecular weight excluding hydrogens is 282 g/mol. The topological polar surface area (TPSA) is 85.8 Å². The van der Waals surface area contributed by atoms with Crippen LogP contribution >= 0.6 is 0 Å². The van der Waals surface area contributed by atoms with Gasteiger partial charge in [-0.1, -0.05) is 19.0 Å². The molecule has 0 fully saturated rings. The summed E-state index contributed by atoms with van der Waals surface area (Å²) in [5, 5.41) is 10.8. The monoisotopic (exact) mass is 305 g/mol. The molecule has 0 saturated carbocycles. The summed E-state index contributed by atoms with van der Waals surface area (Å²) < 4.78 is 6.90. The van der Waals surface area contributed by atoms with Gasteiger partial charge in [-0.2, -0.15) is 10.1 Å². The molecule has 7 heteroatoms. The smallest absolute Gasteiger partial charge is 0.315 e. The second kappa shape index (κ2) is 6.72. The number of carbonyl (C=O) groups is 1. The molecule has 2 rings (SSSR count). The van der Waals surface area contributed by atoms with Gasteiger partial charge in [0.25, 0.3) is 0 Å². The van der Waals surface area contributed by atoms with Crippen molar-refractivity contribution in [2.45, 2.75) is 54.0 Å². The lowest BCUT2D eigenvalue weighted by Gasteiger charge is -2.08. The molecule has 0 radical (unpaired) electrons. The minimum Gasteiger partial charge on any atom is -0.315 e.